The van der Waals surface area contributed by atoms with E-state index in [0.717, 1.165) is 46.7 Å². The molecule has 31 heavy (non-hydrogen) atoms. The maximum Gasteiger partial charge on any atom is 0.261 e. The molecule has 5 rings (SSSR count). The predicted molar refractivity (Wildman–Crippen MR) is 119 cm³/mol. The maximum atomic E-state index is 13.6. The van der Waals surface area contributed by atoms with E-state index in [4.69, 9.17) is 9.47 Å². The molecule has 1 unspecified atom stereocenters. The molecule has 1 atom stereocenters. The monoisotopic (exact) mass is 423 g/mol. The summed E-state index contributed by atoms with van der Waals surface area (Å²) in [5.41, 5.74) is 5.63. The van der Waals surface area contributed by atoms with Crippen LogP contribution in [0.1, 0.15) is 37.1 Å². The van der Waals surface area contributed by atoms with Crippen LogP contribution in [0.25, 0.3) is 5.57 Å². The zero-order valence-electron chi connectivity index (χ0n) is 18.1. The van der Waals surface area contributed by atoms with Crippen molar-refractivity contribution in [1.29, 1.82) is 0 Å². The lowest BCUT2D eigenvalue weighted by Gasteiger charge is -2.31. The second-order valence-electron chi connectivity index (χ2n) is 8.33. The van der Waals surface area contributed by atoms with E-state index in [2.05, 4.69) is 40.9 Å². The minimum atomic E-state index is 0.0618. The number of carbonyl (C=O) groups excluding carboxylic acids is 1. The minimum Gasteiger partial charge on any atom is -0.383 e. The molecule has 2 fully saturated rings. The molecule has 0 radical (unpaired) electrons. The van der Waals surface area contributed by atoms with Crippen LogP contribution in [0.4, 0.5) is 11.4 Å². The van der Waals surface area contributed by atoms with Gasteiger partial charge < -0.3 is 25.0 Å². The van der Waals surface area contributed by atoms with Gasteiger partial charge in [0.25, 0.3) is 5.91 Å². The van der Waals surface area contributed by atoms with Crippen molar-refractivity contribution < 1.29 is 14.3 Å². The minimum absolute atomic E-state index is 0.0618. The summed E-state index contributed by atoms with van der Waals surface area (Å²) < 4.78 is 13.1. The number of morpholine rings is 1. The molecule has 0 saturated carbocycles. The van der Waals surface area contributed by atoms with E-state index in [0.29, 0.717) is 33.0 Å². The second kappa shape index (κ2) is 8.36. The fraction of sp³-hybridized carbons (Fsp3) is 0.478. The highest BCUT2D eigenvalue weighted by atomic mass is 16.5. The van der Waals surface area contributed by atoms with Crippen LogP contribution in [0.2, 0.25) is 0 Å². The van der Waals surface area contributed by atoms with E-state index < -0.39 is 0 Å². The van der Waals surface area contributed by atoms with Crippen LogP contribution in [0.3, 0.4) is 0 Å². The van der Waals surface area contributed by atoms with E-state index in [-0.39, 0.29) is 18.0 Å². The Hall–Kier alpha value is -2.84. The summed E-state index contributed by atoms with van der Waals surface area (Å²) in [6.07, 6.45) is 3.52. The molecule has 8 nitrogen and oxygen atoms in total. The molecule has 0 aliphatic carbocycles. The number of aromatic nitrogens is 2. The first-order valence-corrected chi connectivity index (χ1v) is 11.0. The van der Waals surface area contributed by atoms with Gasteiger partial charge in [-0.1, -0.05) is 0 Å². The van der Waals surface area contributed by atoms with Gasteiger partial charge in [0, 0.05) is 50.3 Å². The first-order chi connectivity index (χ1) is 15.1. The van der Waals surface area contributed by atoms with Crippen molar-refractivity contribution in [1.82, 2.24) is 15.1 Å². The zero-order valence-corrected chi connectivity index (χ0v) is 18.1. The molecule has 0 spiro atoms. The Morgan fingerprint density at radius 2 is 2.03 bits per heavy atom. The van der Waals surface area contributed by atoms with Crippen molar-refractivity contribution in [2.45, 2.75) is 31.8 Å². The molecule has 1 amide bonds. The van der Waals surface area contributed by atoms with Gasteiger partial charge in [-0.15, -0.1) is 0 Å². The summed E-state index contributed by atoms with van der Waals surface area (Å²) in [7, 11) is 1.94. The maximum absolute atomic E-state index is 13.6. The number of hydrogen-bond acceptors (Lipinski definition) is 6. The van der Waals surface area contributed by atoms with E-state index in [1.54, 1.807) is 6.20 Å². The number of aryl methyl sites for hydroxylation is 1. The van der Waals surface area contributed by atoms with Crippen LogP contribution in [-0.4, -0.2) is 54.7 Å². The molecule has 0 bridgehead atoms. The quantitative estimate of drug-likeness (QED) is 0.736. The largest absolute Gasteiger partial charge is 0.383 e. The van der Waals surface area contributed by atoms with Crippen LogP contribution < -0.4 is 15.5 Å². The number of ether oxygens (including phenoxy) is 2. The summed E-state index contributed by atoms with van der Waals surface area (Å²) in [5, 5.41) is 11.2. The van der Waals surface area contributed by atoms with Crippen molar-refractivity contribution >= 4 is 22.9 Å². The van der Waals surface area contributed by atoms with Gasteiger partial charge in [0.2, 0.25) is 0 Å². The van der Waals surface area contributed by atoms with Crippen molar-refractivity contribution in [3.8, 4) is 0 Å². The summed E-state index contributed by atoms with van der Waals surface area (Å²) in [6, 6.07) is 8.48. The van der Waals surface area contributed by atoms with Crippen molar-refractivity contribution in [3.63, 3.8) is 0 Å². The van der Waals surface area contributed by atoms with Crippen molar-refractivity contribution in [2.75, 3.05) is 43.2 Å². The zero-order chi connectivity index (χ0) is 21.4. The van der Waals surface area contributed by atoms with Crippen LogP contribution >= 0.6 is 0 Å². The van der Waals surface area contributed by atoms with E-state index in [9.17, 15) is 4.79 Å². The van der Waals surface area contributed by atoms with Gasteiger partial charge >= 0.3 is 0 Å². The standard InChI is InChI=1S/C23H29N5O3/c1-15(20-5-8-25-27(20)2)26-16-3-4-21-18(13-16)22(19-14-31-12-9-24-19)23(29)28(21)17-6-10-30-11-7-17/h3-5,8,13,15,17,24,26H,6-7,9-12,14H2,1-2H3/b22-19-. The van der Waals surface area contributed by atoms with Crippen LogP contribution in [-0.2, 0) is 21.3 Å². The highest BCUT2D eigenvalue weighted by Gasteiger charge is 2.39. The number of benzene rings is 1. The Bertz CT molecular complexity index is 1000. The molecule has 1 aromatic carbocycles. The number of fused-ring (bicyclic) bond motifs is 1. The highest BCUT2D eigenvalue weighted by Crippen LogP contribution is 2.42. The Labute approximate surface area is 182 Å². The average Bonchev–Trinajstić information content (AvgIpc) is 3.35. The molecule has 2 N–H and O–H groups in total. The molecule has 3 aliphatic rings. The predicted octanol–water partition coefficient (Wildman–Crippen LogP) is 2.45. The number of hydrogen-bond donors (Lipinski definition) is 2. The lowest BCUT2D eigenvalue weighted by molar-refractivity contribution is -0.113. The summed E-state index contributed by atoms with van der Waals surface area (Å²) in [4.78, 5) is 15.6. The van der Waals surface area contributed by atoms with Gasteiger partial charge in [0.05, 0.1) is 41.9 Å². The van der Waals surface area contributed by atoms with Crippen molar-refractivity contribution in [2.24, 2.45) is 7.05 Å². The van der Waals surface area contributed by atoms with Crippen molar-refractivity contribution in [3.05, 3.63) is 47.4 Å². The number of amides is 1. The van der Waals surface area contributed by atoms with Crippen LogP contribution in [0.5, 0.6) is 0 Å². The lowest BCUT2D eigenvalue weighted by atomic mass is 10.0. The number of rotatable bonds is 4. The van der Waals surface area contributed by atoms with Gasteiger partial charge in [-0.05, 0) is 44.0 Å². The molecular formula is C23H29N5O3. The fourth-order valence-electron chi connectivity index (χ4n) is 4.77. The van der Waals surface area contributed by atoms with Gasteiger partial charge in [0.15, 0.2) is 0 Å². The van der Waals surface area contributed by atoms with Gasteiger partial charge in [-0.2, -0.15) is 5.10 Å². The van der Waals surface area contributed by atoms with Crippen LogP contribution in [0, 0.1) is 0 Å². The third kappa shape index (κ3) is 3.70. The molecule has 2 aromatic rings. The lowest BCUT2D eigenvalue weighted by Crippen LogP contribution is -2.42. The first-order valence-electron chi connectivity index (χ1n) is 11.0. The first kappa shape index (κ1) is 20.1. The molecule has 164 valence electrons. The Kier molecular flexibility index (Phi) is 5.41. The van der Waals surface area contributed by atoms with E-state index >= 15 is 0 Å². The number of anilines is 2. The van der Waals surface area contributed by atoms with E-state index in [1.807, 2.05) is 22.7 Å². The van der Waals surface area contributed by atoms with E-state index in [1.165, 1.54) is 0 Å². The second-order valence-corrected chi connectivity index (χ2v) is 8.33. The molecule has 1 aromatic heterocycles. The summed E-state index contributed by atoms with van der Waals surface area (Å²) >= 11 is 0. The third-order valence-corrected chi connectivity index (χ3v) is 6.33. The fourth-order valence-corrected chi connectivity index (χ4v) is 4.77. The van der Waals surface area contributed by atoms with Gasteiger partial charge in [-0.3, -0.25) is 9.48 Å². The Balaban J connectivity index is 1.52. The molecule has 3 aliphatic heterocycles. The summed E-state index contributed by atoms with van der Waals surface area (Å²) in [5.74, 6) is 0.0618. The highest BCUT2D eigenvalue weighted by molar-refractivity contribution is 6.33. The normalized spacial score (nSPS) is 22.9. The molecule has 4 heterocycles. The number of carbonyl (C=O) groups is 1. The summed E-state index contributed by atoms with van der Waals surface area (Å²) in [6.45, 7) is 5.31. The number of nitrogens with one attached hydrogen (secondary N) is 2. The topological polar surface area (TPSA) is 80.7 Å². The Morgan fingerprint density at radius 3 is 2.74 bits per heavy atom. The van der Waals surface area contributed by atoms with Crippen LogP contribution in [0.15, 0.2) is 36.2 Å². The van der Waals surface area contributed by atoms with Gasteiger partial charge in [0.1, 0.15) is 0 Å². The SMILES string of the molecule is CC(Nc1ccc2c(c1)/C(=C1\COCCN1)C(=O)N2C1CCOCC1)c1ccnn1C. The average molecular weight is 424 g/mol. The molecular weight excluding hydrogens is 394 g/mol. The third-order valence-electron chi connectivity index (χ3n) is 6.33. The Morgan fingerprint density at radius 1 is 1.19 bits per heavy atom. The molecule has 8 heteroatoms. The molecule has 2 saturated heterocycles. The number of nitrogens with zero attached hydrogens (tertiary/aromatic N) is 3. The van der Waals surface area contributed by atoms with Gasteiger partial charge in [-0.25, -0.2) is 0 Å². The smallest absolute Gasteiger partial charge is 0.261 e.